The first kappa shape index (κ1) is 12.2. The molecule has 1 atom stereocenters. The molecule has 0 saturated carbocycles. The lowest BCUT2D eigenvalue weighted by atomic mass is 9.99. The van der Waals surface area contributed by atoms with E-state index in [0.717, 1.165) is 5.56 Å². The first-order chi connectivity index (χ1) is 8.11. The van der Waals surface area contributed by atoms with Crippen LogP contribution in [0.4, 0.5) is 4.39 Å². The smallest absolute Gasteiger partial charge is 0.143 e. The minimum Gasteiger partial charge on any atom is -0.383 e. The van der Waals surface area contributed by atoms with E-state index in [2.05, 4.69) is 20.9 Å². The summed E-state index contributed by atoms with van der Waals surface area (Å²) in [5, 5.41) is 10.2. The van der Waals surface area contributed by atoms with E-state index in [1.807, 2.05) is 6.92 Å². The summed E-state index contributed by atoms with van der Waals surface area (Å²) in [5.41, 5.74) is 1.74. The van der Waals surface area contributed by atoms with Crippen LogP contribution in [0.2, 0.25) is 0 Å². The lowest BCUT2D eigenvalue weighted by Crippen LogP contribution is -2.05. The molecule has 0 bridgehead atoms. The molecule has 17 heavy (non-hydrogen) atoms. The van der Waals surface area contributed by atoms with E-state index >= 15 is 0 Å². The van der Waals surface area contributed by atoms with Crippen molar-refractivity contribution in [3.05, 3.63) is 63.6 Å². The molecule has 1 heterocycles. The van der Waals surface area contributed by atoms with Crippen LogP contribution < -0.4 is 0 Å². The highest BCUT2D eigenvalue weighted by Gasteiger charge is 2.18. The predicted octanol–water partition coefficient (Wildman–Crippen LogP) is 3.37. The summed E-state index contributed by atoms with van der Waals surface area (Å²) in [7, 11) is 0. The van der Waals surface area contributed by atoms with Crippen molar-refractivity contribution < 1.29 is 9.50 Å². The summed E-state index contributed by atoms with van der Waals surface area (Å²) in [5.74, 6) is -0.441. The molecule has 1 unspecified atom stereocenters. The van der Waals surface area contributed by atoms with Gasteiger partial charge in [0.15, 0.2) is 0 Å². The van der Waals surface area contributed by atoms with Crippen molar-refractivity contribution in [2.75, 3.05) is 0 Å². The van der Waals surface area contributed by atoms with Crippen molar-refractivity contribution in [1.82, 2.24) is 4.98 Å². The molecule has 0 aliphatic heterocycles. The van der Waals surface area contributed by atoms with E-state index in [-0.39, 0.29) is 5.56 Å². The molecule has 2 rings (SSSR count). The Balaban J connectivity index is 2.48. The van der Waals surface area contributed by atoms with Gasteiger partial charge in [-0.15, -0.1) is 0 Å². The van der Waals surface area contributed by atoms with Gasteiger partial charge >= 0.3 is 0 Å². The summed E-state index contributed by atoms with van der Waals surface area (Å²) in [4.78, 5) is 3.95. The maximum Gasteiger partial charge on any atom is 0.143 e. The zero-order valence-corrected chi connectivity index (χ0v) is 10.8. The number of aryl methyl sites for hydroxylation is 1. The van der Waals surface area contributed by atoms with Crippen LogP contribution in [0.1, 0.15) is 22.8 Å². The zero-order valence-electron chi connectivity index (χ0n) is 9.19. The summed E-state index contributed by atoms with van der Waals surface area (Å²) in [6, 6.07) is 6.64. The second-order valence-corrected chi connectivity index (χ2v) is 4.63. The number of halogens is 2. The first-order valence-corrected chi connectivity index (χ1v) is 5.93. The minimum absolute atomic E-state index is 0.246. The molecule has 88 valence electrons. The van der Waals surface area contributed by atoms with Crippen LogP contribution in [0.3, 0.4) is 0 Å². The van der Waals surface area contributed by atoms with E-state index < -0.39 is 11.9 Å². The van der Waals surface area contributed by atoms with Crippen molar-refractivity contribution in [2.45, 2.75) is 13.0 Å². The van der Waals surface area contributed by atoms with E-state index in [0.29, 0.717) is 10.0 Å². The number of aliphatic hydroxyl groups excluding tert-OH is 1. The predicted molar refractivity (Wildman–Crippen MR) is 67.1 cm³/mol. The third-order valence-corrected chi connectivity index (χ3v) is 3.26. The van der Waals surface area contributed by atoms with E-state index in [1.54, 1.807) is 36.7 Å². The molecule has 1 aromatic heterocycles. The molecule has 0 aliphatic carbocycles. The van der Waals surface area contributed by atoms with E-state index in [9.17, 15) is 9.50 Å². The van der Waals surface area contributed by atoms with Gasteiger partial charge in [0.05, 0.1) is 4.47 Å². The maximum absolute atomic E-state index is 13.8. The van der Waals surface area contributed by atoms with Crippen molar-refractivity contribution in [3.63, 3.8) is 0 Å². The molecule has 2 nitrogen and oxygen atoms in total. The number of rotatable bonds is 2. The molecular formula is C13H11BrFNO. The van der Waals surface area contributed by atoms with Gasteiger partial charge in [-0.05, 0) is 40.5 Å². The Kier molecular flexibility index (Phi) is 3.54. The Hall–Kier alpha value is -1.26. The average Bonchev–Trinajstić information content (AvgIpc) is 2.32. The SMILES string of the molecule is Cc1ccncc1C(O)c1cccc(Br)c1F. The van der Waals surface area contributed by atoms with Gasteiger partial charge in [-0.3, -0.25) is 4.98 Å². The molecule has 1 aromatic carbocycles. The van der Waals surface area contributed by atoms with Gasteiger partial charge in [0.2, 0.25) is 0 Å². The highest BCUT2D eigenvalue weighted by atomic mass is 79.9. The number of pyridine rings is 1. The fraction of sp³-hybridized carbons (Fsp3) is 0.154. The van der Waals surface area contributed by atoms with Crippen molar-refractivity contribution in [1.29, 1.82) is 0 Å². The Morgan fingerprint density at radius 1 is 1.29 bits per heavy atom. The maximum atomic E-state index is 13.8. The Labute approximate surface area is 107 Å². The van der Waals surface area contributed by atoms with Gasteiger partial charge in [0.25, 0.3) is 0 Å². The normalized spacial score (nSPS) is 12.5. The van der Waals surface area contributed by atoms with E-state index in [4.69, 9.17) is 0 Å². The number of benzene rings is 1. The number of hydrogen-bond acceptors (Lipinski definition) is 2. The topological polar surface area (TPSA) is 33.1 Å². The molecule has 0 spiro atoms. The van der Waals surface area contributed by atoms with Crippen LogP contribution in [-0.2, 0) is 0 Å². The quantitative estimate of drug-likeness (QED) is 0.921. The van der Waals surface area contributed by atoms with E-state index in [1.165, 1.54) is 0 Å². The third kappa shape index (κ3) is 2.37. The molecule has 0 amide bonds. The minimum atomic E-state index is -0.999. The molecule has 2 aromatic rings. The lowest BCUT2D eigenvalue weighted by Gasteiger charge is -2.14. The van der Waals surface area contributed by atoms with Crippen molar-refractivity contribution in [2.24, 2.45) is 0 Å². The van der Waals surface area contributed by atoms with Gasteiger partial charge in [0.1, 0.15) is 11.9 Å². The van der Waals surface area contributed by atoms with Crippen LogP contribution in [0.15, 0.2) is 41.1 Å². The molecule has 1 N–H and O–H groups in total. The molecule has 0 fully saturated rings. The third-order valence-electron chi connectivity index (χ3n) is 2.65. The summed E-state index contributed by atoms with van der Waals surface area (Å²) in [6.45, 7) is 1.86. The molecule has 4 heteroatoms. The summed E-state index contributed by atoms with van der Waals surface area (Å²) in [6.07, 6.45) is 2.20. The standard InChI is InChI=1S/C13H11BrFNO/c1-8-5-6-16-7-10(8)13(17)9-3-2-4-11(14)12(9)15/h2-7,13,17H,1H3. The fourth-order valence-corrected chi connectivity index (χ4v) is 2.04. The monoisotopic (exact) mass is 295 g/mol. The second-order valence-electron chi connectivity index (χ2n) is 3.78. The number of hydrogen-bond donors (Lipinski definition) is 1. The van der Waals surface area contributed by atoms with Gasteiger partial charge in [-0.2, -0.15) is 0 Å². The average molecular weight is 296 g/mol. The Morgan fingerprint density at radius 3 is 2.76 bits per heavy atom. The molecule has 0 saturated heterocycles. The summed E-state index contributed by atoms with van der Waals surface area (Å²) < 4.78 is 14.2. The number of aromatic nitrogens is 1. The fourth-order valence-electron chi connectivity index (χ4n) is 1.66. The van der Waals surface area contributed by atoms with Gasteiger partial charge in [-0.25, -0.2) is 4.39 Å². The van der Waals surface area contributed by atoms with Gasteiger partial charge in [-0.1, -0.05) is 12.1 Å². The first-order valence-electron chi connectivity index (χ1n) is 5.13. The highest BCUT2D eigenvalue weighted by molar-refractivity contribution is 9.10. The molecule has 0 aliphatic rings. The molecular weight excluding hydrogens is 285 g/mol. The Morgan fingerprint density at radius 2 is 2.06 bits per heavy atom. The van der Waals surface area contributed by atoms with Crippen molar-refractivity contribution >= 4 is 15.9 Å². The zero-order chi connectivity index (χ0) is 12.4. The van der Waals surface area contributed by atoms with Crippen LogP contribution in [0.25, 0.3) is 0 Å². The van der Waals surface area contributed by atoms with Crippen LogP contribution in [0.5, 0.6) is 0 Å². The number of aliphatic hydroxyl groups is 1. The van der Waals surface area contributed by atoms with Gasteiger partial charge < -0.3 is 5.11 Å². The lowest BCUT2D eigenvalue weighted by molar-refractivity contribution is 0.213. The Bertz CT molecular complexity index is 545. The van der Waals surface area contributed by atoms with Crippen LogP contribution in [0, 0.1) is 12.7 Å². The second kappa shape index (κ2) is 4.94. The number of nitrogens with zero attached hydrogens (tertiary/aromatic N) is 1. The van der Waals surface area contributed by atoms with Gasteiger partial charge in [0, 0.05) is 23.5 Å². The largest absolute Gasteiger partial charge is 0.383 e. The highest BCUT2D eigenvalue weighted by Crippen LogP contribution is 2.29. The van der Waals surface area contributed by atoms with Crippen LogP contribution >= 0.6 is 15.9 Å². The summed E-state index contributed by atoms with van der Waals surface area (Å²) >= 11 is 3.10. The van der Waals surface area contributed by atoms with Crippen molar-refractivity contribution in [3.8, 4) is 0 Å². The molecule has 0 radical (unpaired) electrons. The van der Waals surface area contributed by atoms with Crippen LogP contribution in [-0.4, -0.2) is 10.1 Å².